The van der Waals surface area contributed by atoms with Crippen molar-refractivity contribution in [1.29, 1.82) is 0 Å². The van der Waals surface area contributed by atoms with Crippen molar-refractivity contribution >= 4 is 5.69 Å². The zero-order valence-electron chi connectivity index (χ0n) is 12.0. The molecule has 0 radical (unpaired) electrons. The molecule has 2 N–H and O–H groups in total. The minimum Gasteiger partial charge on any atom is -0.394 e. The van der Waals surface area contributed by atoms with Crippen LogP contribution >= 0.6 is 0 Å². The zero-order valence-corrected chi connectivity index (χ0v) is 12.0. The molecular weight excluding hydrogens is 240 g/mol. The van der Waals surface area contributed by atoms with Crippen molar-refractivity contribution in [3.05, 3.63) is 29.3 Å². The van der Waals surface area contributed by atoms with Gasteiger partial charge in [-0.15, -0.1) is 0 Å². The standard InChI is InChI=1S/C15H24N2O2/c1-11-6-14(5-4-13(11)7-16-3)17-8-15(9-18)19-10-12(17)2/h4-6,12,15-16,18H,7-10H2,1-3H3. The minimum atomic E-state index is -0.0755. The number of aliphatic hydroxyl groups excluding tert-OH is 1. The Bertz CT molecular complexity index is 423. The molecule has 106 valence electrons. The molecule has 1 aliphatic rings. The third-order valence-electron chi connectivity index (χ3n) is 3.73. The number of hydrogen-bond donors (Lipinski definition) is 2. The Morgan fingerprint density at radius 1 is 1.47 bits per heavy atom. The van der Waals surface area contributed by atoms with Gasteiger partial charge < -0.3 is 20.1 Å². The minimum absolute atomic E-state index is 0.0755. The average molecular weight is 264 g/mol. The lowest BCUT2D eigenvalue weighted by Gasteiger charge is -2.39. The van der Waals surface area contributed by atoms with Crippen molar-refractivity contribution in [3.8, 4) is 0 Å². The molecule has 0 spiro atoms. The first-order valence-electron chi connectivity index (χ1n) is 6.89. The second-order valence-corrected chi connectivity index (χ2v) is 5.28. The summed E-state index contributed by atoms with van der Waals surface area (Å²) in [5.41, 5.74) is 3.84. The van der Waals surface area contributed by atoms with Crippen LogP contribution in [0.5, 0.6) is 0 Å². The number of nitrogens with zero attached hydrogens (tertiary/aromatic N) is 1. The van der Waals surface area contributed by atoms with Crippen molar-refractivity contribution in [2.24, 2.45) is 0 Å². The molecule has 4 nitrogen and oxygen atoms in total. The Morgan fingerprint density at radius 3 is 2.89 bits per heavy atom. The van der Waals surface area contributed by atoms with E-state index in [2.05, 4.69) is 42.3 Å². The number of morpholine rings is 1. The first-order valence-corrected chi connectivity index (χ1v) is 6.89. The van der Waals surface area contributed by atoms with E-state index in [0.717, 1.165) is 13.1 Å². The Morgan fingerprint density at radius 2 is 2.26 bits per heavy atom. The van der Waals surface area contributed by atoms with Crippen LogP contribution in [-0.4, -0.2) is 44.1 Å². The van der Waals surface area contributed by atoms with Gasteiger partial charge in [-0.3, -0.25) is 0 Å². The van der Waals surface area contributed by atoms with Crippen molar-refractivity contribution in [3.63, 3.8) is 0 Å². The van der Waals surface area contributed by atoms with E-state index in [1.54, 1.807) is 0 Å². The molecule has 0 bridgehead atoms. The van der Waals surface area contributed by atoms with E-state index in [1.165, 1.54) is 16.8 Å². The van der Waals surface area contributed by atoms with E-state index in [0.29, 0.717) is 12.6 Å². The summed E-state index contributed by atoms with van der Waals surface area (Å²) in [7, 11) is 1.96. The summed E-state index contributed by atoms with van der Waals surface area (Å²) in [6, 6.07) is 6.91. The Balaban J connectivity index is 2.18. The SMILES string of the molecule is CNCc1ccc(N2CC(CO)OCC2C)cc1C. The lowest BCUT2D eigenvalue weighted by atomic mass is 10.1. The molecule has 2 atom stereocenters. The predicted octanol–water partition coefficient (Wildman–Crippen LogP) is 1.30. The van der Waals surface area contributed by atoms with Crippen molar-refractivity contribution in [2.75, 3.05) is 31.7 Å². The Kier molecular flexibility index (Phi) is 4.80. The van der Waals surface area contributed by atoms with Crippen LogP contribution in [0.4, 0.5) is 5.69 Å². The number of nitrogens with one attached hydrogen (secondary N) is 1. The predicted molar refractivity (Wildman–Crippen MR) is 77.6 cm³/mol. The quantitative estimate of drug-likeness (QED) is 0.860. The van der Waals surface area contributed by atoms with Gasteiger partial charge in [0.1, 0.15) is 0 Å². The van der Waals surface area contributed by atoms with Gasteiger partial charge in [-0.2, -0.15) is 0 Å². The summed E-state index contributed by atoms with van der Waals surface area (Å²) < 4.78 is 5.58. The van der Waals surface area contributed by atoms with E-state index in [1.807, 2.05) is 7.05 Å². The molecule has 1 saturated heterocycles. The molecule has 0 aromatic heterocycles. The molecule has 1 heterocycles. The highest BCUT2D eigenvalue weighted by molar-refractivity contribution is 5.52. The fraction of sp³-hybridized carbons (Fsp3) is 0.600. The number of benzene rings is 1. The monoisotopic (exact) mass is 264 g/mol. The van der Waals surface area contributed by atoms with Crippen LogP contribution in [0.2, 0.25) is 0 Å². The average Bonchev–Trinajstić information content (AvgIpc) is 2.42. The summed E-state index contributed by atoms with van der Waals surface area (Å²) in [5.74, 6) is 0. The summed E-state index contributed by atoms with van der Waals surface area (Å²) >= 11 is 0. The molecule has 0 aliphatic carbocycles. The van der Waals surface area contributed by atoms with Crippen LogP contribution < -0.4 is 10.2 Å². The van der Waals surface area contributed by atoms with E-state index in [4.69, 9.17) is 4.74 Å². The highest BCUT2D eigenvalue weighted by atomic mass is 16.5. The van der Waals surface area contributed by atoms with Gasteiger partial charge in [0.15, 0.2) is 0 Å². The van der Waals surface area contributed by atoms with Crippen LogP contribution in [-0.2, 0) is 11.3 Å². The first kappa shape index (κ1) is 14.3. The van der Waals surface area contributed by atoms with Gasteiger partial charge in [-0.1, -0.05) is 6.07 Å². The maximum atomic E-state index is 9.25. The summed E-state index contributed by atoms with van der Waals surface area (Å²) in [5, 5.41) is 12.4. The zero-order chi connectivity index (χ0) is 13.8. The molecule has 2 unspecified atom stereocenters. The molecule has 4 heteroatoms. The second-order valence-electron chi connectivity index (χ2n) is 5.28. The normalized spacial score (nSPS) is 23.7. The maximum Gasteiger partial charge on any atom is 0.0981 e. The summed E-state index contributed by atoms with van der Waals surface area (Å²) in [6.07, 6.45) is -0.0755. The molecule has 0 saturated carbocycles. The Hall–Kier alpha value is -1.10. The summed E-state index contributed by atoms with van der Waals surface area (Å²) in [6.45, 7) is 6.70. The highest BCUT2D eigenvalue weighted by Gasteiger charge is 2.25. The van der Waals surface area contributed by atoms with E-state index in [9.17, 15) is 5.11 Å². The third-order valence-corrected chi connectivity index (χ3v) is 3.73. The van der Waals surface area contributed by atoms with Crippen LogP contribution in [0.3, 0.4) is 0 Å². The van der Waals surface area contributed by atoms with Gasteiger partial charge in [0.25, 0.3) is 0 Å². The van der Waals surface area contributed by atoms with Gasteiger partial charge in [-0.25, -0.2) is 0 Å². The molecule has 1 fully saturated rings. The fourth-order valence-electron chi connectivity index (χ4n) is 2.54. The number of ether oxygens (including phenoxy) is 1. The van der Waals surface area contributed by atoms with Crippen molar-refractivity contribution < 1.29 is 9.84 Å². The molecule has 19 heavy (non-hydrogen) atoms. The van der Waals surface area contributed by atoms with Crippen LogP contribution in [0.1, 0.15) is 18.1 Å². The molecule has 1 aromatic carbocycles. The number of anilines is 1. The van der Waals surface area contributed by atoms with Crippen LogP contribution in [0.15, 0.2) is 18.2 Å². The number of aryl methyl sites for hydroxylation is 1. The fourth-order valence-corrected chi connectivity index (χ4v) is 2.54. The highest BCUT2D eigenvalue weighted by Crippen LogP contribution is 2.24. The van der Waals surface area contributed by atoms with Gasteiger partial charge in [0, 0.05) is 24.8 Å². The first-order chi connectivity index (χ1) is 9.15. The second kappa shape index (κ2) is 6.37. The molecule has 2 rings (SSSR count). The number of aliphatic hydroxyl groups is 1. The molecule has 1 aromatic rings. The summed E-state index contributed by atoms with van der Waals surface area (Å²) in [4.78, 5) is 2.32. The Labute approximate surface area is 115 Å². The van der Waals surface area contributed by atoms with Crippen molar-refractivity contribution in [2.45, 2.75) is 32.5 Å². The molecular formula is C15H24N2O2. The van der Waals surface area contributed by atoms with Crippen molar-refractivity contribution in [1.82, 2.24) is 5.32 Å². The molecule has 0 amide bonds. The van der Waals surface area contributed by atoms with Crippen LogP contribution in [0, 0.1) is 6.92 Å². The topological polar surface area (TPSA) is 44.7 Å². The van der Waals surface area contributed by atoms with Gasteiger partial charge in [0.2, 0.25) is 0 Å². The largest absolute Gasteiger partial charge is 0.394 e. The van der Waals surface area contributed by atoms with E-state index >= 15 is 0 Å². The lowest BCUT2D eigenvalue weighted by molar-refractivity contribution is -0.0103. The van der Waals surface area contributed by atoms with E-state index in [-0.39, 0.29) is 12.7 Å². The van der Waals surface area contributed by atoms with Gasteiger partial charge in [-0.05, 0) is 44.2 Å². The van der Waals surface area contributed by atoms with Gasteiger partial charge >= 0.3 is 0 Å². The van der Waals surface area contributed by atoms with Gasteiger partial charge in [0.05, 0.1) is 19.3 Å². The number of rotatable bonds is 4. The maximum absolute atomic E-state index is 9.25. The smallest absolute Gasteiger partial charge is 0.0981 e. The lowest BCUT2D eigenvalue weighted by Crippen LogP contribution is -2.49. The number of hydrogen-bond acceptors (Lipinski definition) is 4. The third kappa shape index (κ3) is 3.26. The van der Waals surface area contributed by atoms with Crippen LogP contribution in [0.25, 0.3) is 0 Å². The molecule has 1 aliphatic heterocycles. The van der Waals surface area contributed by atoms with E-state index < -0.39 is 0 Å².